The van der Waals surface area contributed by atoms with Gasteiger partial charge in [0.05, 0.1) is 59.1 Å². The van der Waals surface area contributed by atoms with E-state index in [0.29, 0.717) is 31.8 Å². The molecule has 0 radical (unpaired) electrons. The van der Waals surface area contributed by atoms with E-state index in [-0.39, 0.29) is 67.9 Å². The van der Waals surface area contributed by atoms with E-state index in [1.165, 1.54) is 9.78 Å². The van der Waals surface area contributed by atoms with Gasteiger partial charge in [-0.25, -0.2) is 4.98 Å². The van der Waals surface area contributed by atoms with Crippen LogP contribution in [0.5, 0.6) is 0 Å². The Bertz CT molecular complexity index is 2840. The summed E-state index contributed by atoms with van der Waals surface area (Å²) in [5.41, 5.74) is 8.01. The number of carbonyl (C=O) groups excluding carboxylic acids is 4. The van der Waals surface area contributed by atoms with Crippen molar-refractivity contribution in [3.8, 4) is 15.4 Å². The van der Waals surface area contributed by atoms with Crippen molar-refractivity contribution >= 4 is 52.0 Å². The highest BCUT2D eigenvalue weighted by Gasteiger charge is 2.45. The lowest BCUT2D eigenvalue weighted by molar-refractivity contribution is -0.288. The van der Waals surface area contributed by atoms with Gasteiger partial charge < -0.3 is 30.7 Å². The standard InChI is InChI=1S/C53H65ClN10O6S2/c1-28-31(4)72-52-45(28)46(34-13-15-36(54)16-14-34)58-41(49-61-60-32(5)64(49)52)24-43(66)57-37-21-40(22-37)70-39-17-19-62(20-18-39)26-44(67)59-48(53(6,7)8)51(69)63-25-38(65)23-42(63)50(68)56-29(2)33-9-11-35(12-10-33)47-30(3)55-27-71-47/h9-16,27,29,37-42,48,54,65H,17-26H2,1-8H3,(H2-,56,57,59,66,67,68)/p+1/t29-,37?,38+,40?,41-,42-,48-/m0/s1. The molecule has 4 N–H and O–H groups in total. The number of nitrogens with zero attached hydrogens (tertiary/aromatic N) is 7. The third-order valence-corrected chi connectivity index (χ3v) is 17.0. The van der Waals surface area contributed by atoms with Crippen molar-refractivity contribution in [2.45, 2.75) is 142 Å². The van der Waals surface area contributed by atoms with Gasteiger partial charge in [-0.05, 0) is 94.5 Å². The molecule has 2 aromatic carbocycles. The number of aryl methyl sites for hydroxylation is 3. The van der Waals surface area contributed by atoms with Crippen molar-refractivity contribution in [3.63, 3.8) is 0 Å². The number of hydrogen-bond donors (Lipinski definition) is 4. The molecule has 4 aliphatic rings. The number of aromatic nitrogens is 4. The Balaban J connectivity index is 0.736. The van der Waals surface area contributed by atoms with Gasteiger partial charge in [-0.15, -0.1) is 32.9 Å². The Morgan fingerprint density at radius 3 is 2.26 bits per heavy atom. The highest BCUT2D eigenvalue weighted by Crippen LogP contribution is 2.40. The van der Waals surface area contributed by atoms with Gasteiger partial charge in [0.1, 0.15) is 29.0 Å². The topological polar surface area (TPSA) is 196 Å². The van der Waals surface area contributed by atoms with Gasteiger partial charge in [0, 0.05) is 60.2 Å². The smallest absolute Gasteiger partial charge is 0.246 e. The molecular formula is C53H66ClN10O6S2+. The minimum Gasteiger partial charge on any atom is -0.391 e. The van der Waals surface area contributed by atoms with Crippen molar-refractivity contribution in [1.29, 1.82) is 0 Å². The molecule has 9 rings (SSSR count). The molecule has 1 saturated carbocycles. The predicted molar refractivity (Wildman–Crippen MR) is 275 cm³/mol. The fraction of sp³-hybridized carbons (Fsp3) is 0.509. The van der Waals surface area contributed by atoms with Crippen LogP contribution in [0.15, 0.2) is 59.0 Å². The number of fused-ring (bicyclic) bond motifs is 3. The number of hydrogen-bond acceptors (Lipinski definition) is 13. The molecule has 72 heavy (non-hydrogen) atoms. The first-order valence-corrected chi connectivity index (χ1v) is 27.1. The number of benzene rings is 2. The van der Waals surface area contributed by atoms with E-state index < -0.39 is 35.6 Å². The zero-order valence-corrected chi connectivity index (χ0v) is 44.7. The van der Waals surface area contributed by atoms with E-state index in [2.05, 4.69) is 54.4 Å². The molecule has 16 nitrogen and oxygen atoms in total. The van der Waals surface area contributed by atoms with E-state index >= 15 is 0 Å². The summed E-state index contributed by atoms with van der Waals surface area (Å²) in [5, 5.41) is 30.8. The maximum absolute atomic E-state index is 14.3. The molecule has 1 aliphatic carbocycles. The third-order valence-electron chi connectivity index (χ3n) is 14.6. The van der Waals surface area contributed by atoms with Crippen molar-refractivity contribution in [1.82, 2.24) is 45.5 Å². The van der Waals surface area contributed by atoms with Crippen LogP contribution in [0, 0.1) is 44.7 Å². The molecule has 3 fully saturated rings. The Morgan fingerprint density at radius 2 is 1.60 bits per heavy atom. The average molecular weight is 1040 g/mol. The normalized spacial score (nSPS) is 22.2. The molecule has 3 aromatic heterocycles. The van der Waals surface area contributed by atoms with Gasteiger partial charge in [-0.3, -0.25) is 33.6 Å². The Labute approximate surface area is 434 Å². The summed E-state index contributed by atoms with van der Waals surface area (Å²) in [6.45, 7) is 17.1. The predicted octanol–water partition coefficient (Wildman–Crippen LogP) is 6.16. The number of piperidine rings is 1. The highest BCUT2D eigenvalue weighted by molar-refractivity contribution is 7.15. The first-order valence-electron chi connectivity index (χ1n) is 24.9. The minimum absolute atomic E-state index is 0.00202. The van der Waals surface area contributed by atoms with Crippen molar-refractivity contribution in [2.24, 2.45) is 10.4 Å². The largest absolute Gasteiger partial charge is 0.391 e. The van der Waals surface area contributed by atoms with Crippen LogP contribution in [0.2, 0.25) is 5.02 Å². The number of β-amino-alcohol motifs (C(OH)–C–C–N with tert-alkyl or cyclic N) is 1. The van der Waals surface area contributed by atoms with Gasteiger partial charge in [0.25, 0.3) is 0 Å². The van der Waals surface area contributed by atoms with Crippen LogP contribution in [-0.4, -0.2) is 127 Å². The number of aliphatic hydroxyl groups is 1. The molecular weight excluding hydrogens is 972 g/mol. The summed E-state index contributed by atoms with van der Waals surface area (Å²) in [6, 6.07) is 13.1. The van der Waals surface area contributed by atoms with Gasteiger partial charge in [0.2, 0.25) is 28.7 Å². The number of carbonyl (C=O) groups is 4. The Kier molecular flexibility index (Phi) is 15.2. The molecule has 0 spiro atoms. The number of aliphatic imine (C=N–C) groups is 1. The minimum atomic E-state index is -0.918. The second kappa shape index (κ2) is 21.2. The second-order valence-electron chi connectivity index (χ2n) is 21.0. The summed E-state index contributed by atoms with van der Waals surface area (Å²) in [7, 11) is 0. The summed E-state index contributed by atoms with van der Waals surface area (Å²) >= 11 is 8.65. The van der Waals surface area contributed by atoms with Crippen LogP contribution in [0.25, 0.3) is 15.4 Å². The molecule has 0 unspecified atom stereocenters. The fourth-order valence-corrected chi connectivity index (χ4v) is 12.5. The van der Waals surface area contributed by atoms with Crippen LogP contribution in [0.4, 0.5) is 0 Å². The van der Waals surface area contributed by atoms with Crippen molar-refractivity contribution < 1.29 is 40.6 Å². The summed E-state index contributed by atoms with van der Waals surface area (Å²) in [4.78, 5) is 70.8. The molecule has 382 valence electrons. The van der Waals surface area contributed by atoms with Gasteiger partial charge in [-0.2, -0.15) is 0 Å². The van der Waals surface area contributed by atoms with Crippen LogP contribution < -0.4 is 16.0 Å². The van der Waals surface area contributed by atoms with E-state index in [0.717, 1.165) is 72.8 Å². The second-order valence-corrected chi connectivity index (χ2v) is 23.5. The van der Waals surface area contributed by atoms with Gasteiger partial charge >= 0.3 is 0 Å². The molecule has 19 heteroatoms. The van der Waals surface area contributed by atoms with E-state index in [9.17, 15) is 24.3 Å². The molecule has 2 saturated heterocycles. The number of rotatable bonds is 14. The number of likely N-dealkylation sites (tertiary alicyclic amines) is 2. The monoisotopic (exact) mass is 1040 g/mol. The van der Waals surface area contributed by atoms with Gasteiger partial charge in [-0.1, -0.05) is 45.0 Å². The Morgan fingerprint density at radius 1 is 0.903 bits per heavy atom. The lowest BCUT2D eigenvalue weighted by Gasteiger charge is -2.40. The molecule has 3 aliphatic heterocycles. The van der Waals surface area contributed by atoms with Crippen LogP contribution in [0.3, 0.4) is 0 Å². The summed E-state index contributed by atoms with van der Waals surface area (Å²) in [5.74, 6) is 0.265. The number of nitrogens with one attached hydrogen (secondary N) is 3. The average Bonchev–Trinajstić information content (AvgIpc) is 4.10. The Hall–Kier alpha value is -5.37. The molecule has 5 aromatic rings. The third kappa shape index (κ3) is 11.1. The lowest BCUT2D eigenvalue weighted by Crippen LogP contribution is -2.59. The highest BCUT2D eigenvalue weighted by atomic mass is 35.5. The fourth-order valence-electron chi connectivity index (χ4n) is 10.3. The van der Waals surface area contributed by atoms with Crippen LogP contribution >= 0.6 is 22.7 Å². The zero-order chi connectivity index (χ0) is 51.2. The van der Waals surface area contributed by atoms with Crippen molar-refractivity contribution in [3.05, 3.63) is 104 Å². The SMILES string of the molecule is Cc1ncsc1-c1ccc([C@H](C)NC(=O)[C@@H]2C[C@@H](O)CN2C(=O)[C@H](NC(=O)CN2CCC(OC3CC(NC(=O)C[C@@H]4N=C(c5ccc([ClH+])cc5)c5c(sc(C)c5C)-n5c(C)nnc54)C3)CC2)C(C)(C)C)cc1. The maximum atomic E-state index is 14.3. The lowest BCUT2D eigenvalue weighted by atomic mass is 9.85. The number of thiazole rings is 1. The van der Waals surface area contributed by atoms with Crippen LogP contribution in [0.1, 0.15) is 123 Å². The maximum Gasteiger partial charge on any atom is 0.246 e. The summed E-state index contributed by atoms with van der Waals surface area (Å²) < 4.78 is 8.56. The number of halogens is 1. The zero-order valence-electron chi connectivity index (χ0n) is 42.2. The number of ether oxygens (including phenoxy) is 1. The molecule has 6 heterocycles. The molecule has 5 atom stereocenters. The van der Waals surface area contributed by atoms with E-state index in [4.69, 9.17) is 21.3 Å². The van der Waals surface area contributed by atoms with Crippen LogP contribution in [-0.2, 0) is 23.9 Å². The first kappa shape index (κ1) is 51.5. The van der Waals surface area contributed by atoms with Crippen molar-refractivity contribution in [2.75, 3.05) is 26.2 Å². The summed E-state index contributed by atoms with van der Waals surface area (Å²) in [6.07, 6.45) is 2.35. The van der Waals surface area contributed by atoms with E-state index in [1.54, 1.807) is 22.7 Å². The number of amides is 4. The molecule has 4 amide bonds. The number of aliphatic hydroxyl groups excluding tert-OH is 1. The molecule has 0 bridgehead atoms. The first-order chi connectivity index (χ1) is 34.3. The van der Waals surface area contributed by atoms with Gasteiger partial charge in [0.15, 0.2) is 17.4 Å². The van der Waals surface area contributed by atoms with E-state index in [1.807, 2.05) is 95.6 Å². The number of thiophene rings is 1. The quantitative estimate of drug-likeness (QED) is 0.100.